The largest absolute Gasteiger partial charge is 0.378 e. The minimum atomic E-state index is -0.105. The zero-order valence-corrected chi connectivity index (χ0v) is 14.1. The molecule has 3 rings (SSSR count). The molecule has 0 atom stereocenters. The van der Waals surface area contributed by atoms with Crippen LogP contribution in [0.3, 0.4) is 0 Å². The summed E-state index contributed by atoms with van der Waals surface area (Å²) in [6, 6.07) is 9.57. The summed E-state index contributed by atoms with van der Waals surface area (Å²) < 4.78 is 8.80. The van der Waals surface area contributed by atoms with Crippen molar-refractivity contribution in [3.8, 4) is 5.69 Å². The number of para-hydroxylation sites is 1. The lowest BCUT2D eigenvalue weighted by atomic mass is 10.3. The van der Waals surface area contributed by atoms with E-state index in [-0.39, 0.29) is 5.56 Å². The Balaban J connectivity index is 1.92. The van der Waals surface area contributed by atoms with Gasteiger partial charge in [0.15, 0.2) is 5.11 Å². The molecule has 1 saturated heterocycles. The summed E-state index contributed by atoms with van der Waals surface area (Å²) in [5.41, 5.74) is 2.09. The van der Waals surface area contributed by atoms with E-state index >= 15 is 0 Å². The third-order valence-corrected chi connectivity index (χ3v) is 4.44. The topological polar surface area (TPSA) is 51.4 Å². The Labute approximate surface area is 140 Å². The number of hydrogen-bond donors (Lipinski definition) is 1. The summed E-state index contributed by atoms with van der Waals surface area (Å²) in [7, 11) is 1.87. The predicted molar refractivity (Wildman–Crippen MR) is 94.4 cm³/mol. The maximum absolute atomic E-state index is 12.8. The maximum Gasteiger partial charge on any atom is 0.295 e. The molecule has 0 unspecified atom stereocenters. The van der Waals surface area contributed by atoms with Crippen molar-refractivity contribution in [2.75, 3.05) is 31.6 Å². The summed E-state index contributed by atoms with van der Waals surface area (Å²) in [5, 5.41) is 3.70. The first-order valence-electron chi connectivity index (χ1n) is 7.57. The molecule has 1 fully saturated rings. The minimum Gasteiger partial charge on any atom is -0.378 e. The minimum absolute atomic E-state index is 0.105. The number of morpholine rings is 1. The van der Waals surface area contributed by atoms with Crippen molar-refractivity contribution in [1.82, 2.24) is 14.3 Å². The molecule has 0 aliphatic carbocycles. The molecule has 7 heteroatoms. The van der Waals surface area contributed by atoms with E-state index in [0.717, 1.165) is 24.5 Å². The van der Waals surface area contributed by atoms with Gasteiger partial charge >= 0.3 is 0 Å². The third kappa shape index (κ3) is 3.02. The van der Waals surface area contributed by atoms with Gasteiger partial charge < -0.3 is 15.0 Å². The Hall–Kier alpha value is -2.12. The van der Waals surface area contributed by atoms with E-state index in [1.165, 1.54) is 0 Å². The molecule has 1 aliphatic heterocycles. The van der Waals surface area contributed by atoms with Crippen LogP contribution >= 0.6 is 12.2 Å². The SMILES string of the molecule is Cc1c(NC(=S)N2CCOCC2)c(=O)n(-c2ccccc2)n1C. The smallest absolute Gasteiger partial charge is 0.295 e. The fraction of sp³-hybridized carbons (Fsp3) is 0.375. The van der Waals surface area contributed by atoms with Crippen molar-refractivity contribution >= 4 is 23.0 Å². The molecule has 0 radical (unpaired) electrons. The van der Waals surface area contributed by atoms with Gasteiger partial charge in [-0.1, -0.05) is 18.2 Å². The zero-order valence-electron chi connectivity index (χ0n) is 13.3. The lowest BCUT2D eigenvalue weighted by molar-refractivity contribution is 0.0690. The summed E-state index contributed by atoms with van der Waals surface area (Å²) in [5.74, 6) is 0. The van der Waals surface area contributed by atoms with Crippen molar-refractivity contribution in [2.24, 2.45) is 7.05 Å². The number of aromatic nitrogens is 2. The van der Waals surface area contributed by atoms with E-state index in [0.29, 0.717) is 24.0 Å². The number of nitrogens with zero attached hydrogens (tertiary/aromatic N) is 3. The quantitative estimate of drug-likeness (QED) is 0.845. The summed E-state index contributed by atoms with van der Waals surface area (Å²) in [4.78, 5) is 14.8. The van der Waals surface area contributed by atoms with Crippen LogP contribution in [0.5, 0.6) is 0 Å². The fourth-order valence-corrected chi connectivity index (χ4v) is 2.95. The number of anilines is 1. The summed E-state index contributed by atoms with van der Waals surface area (Å²) in [6.45, 7) is 4.70. The molecule has 1 aromatic heterocycles. The molecule has 0 bridgehead atoms. The van der Waals surface area contributed by atoms with E-state index < -0.39 is 0 Å². The van der Waals surface area contributed by atoms with Gasteiger partial charge in [-0.05, 0) is 31.3 Å². The molecule has 1 N–H and O–H groups in total. The lowest BCUT2D eigenvalue weighted by Crippen LogP contribution is -2.43. The molecule has 1 aromatic carbocycles. The van der Waals surface area contributed by atoms with Crippen molar-refractivity contribution in [3.05, 3.63) is 46.4 Å². The van der Waals surface area contributed by atoms with Gasteiger partial charge in [-0.15, -0.1) is 0 Å². The monoisotopic (exact) mass is 332 g/mol. The first-order valence-corrected chi connectivity index (χ1v) is 7.98. The second kappa shape index (κ2) is 6.55. The first kappa shape index (κ1) is 15.8. The van der Waals surface area contributed by atoms with E-state index in [9.17, 15) is 4.79 Å². The van der Waals surface area contributed by atoms with Gasteiger partial charge in [0.25, 0.3) is 5.56 Å². The Bertz CT molecular complexity index is 760. The highest BCUT2D eigenvalue weighted by atomic mass is 32.1. The van der Waals surface area contributed by atoms with Crippen LogP contribution in [0.1, 0.15) is 5.69 Å². The van der Waals surface area contributed by atoms with Crippen molar-refractivity contribution in [3.63, 3.8) is 0 Å². The van der Waals surface area contributed by atoms with Crippen LogP contribution < -0.4 is 10.9 Å². The molecule has 0 spiro atoms. The number of ether oxygens (including phenoxy) is 1. The first-order chi connectivity index (χ1) is 11.1. The Morgan fingerprint density at radius 1 is 1.22 bits per heavy atom. The van der Waals surface area contributed by atoms with E-state index in [1.54, 1.807) is 4.68 Å². The standard InChI is InChI=1S/C16H20N4O2S/c1-12-14(17-16(23)19-8-10-22-11-9-19)15(21)20(18(12)2)13-6-4-3-5-7-13/h3-7H,8-11H2,1-2H3,(H,17,23). The maximum atomic E-state index is 12.8. The van der Waals surface area contributed by atoms with Crippen LogP contribution in [0.2, 0.25) is 0 Å². The zero-order chi connectivity index (χ0) is 16.4. The van der Waals surface area contributed by atoms with Gasteiger partial charge in [0.1, 0.15) is 5.69 Å². The number of nitrogens with one attached hydrogen (secondary N) is 1. The Morgan fingerprint density at radius 2 is 1.87 bits per heavy atom. The number of thiocarbonyl (C=S) groups is 1. The van der Waals surface area contributed by atoms with Crippen LogP contribution in [0, 0.1) is 6.92 Å². The van der Waals surface area contributed by atoms with Gasteiger partial charge in [-0.25, -0.2) is 4.68 Å². The second-order valence-electron chi connectivity index (χ2n) is 5.47. The van der Waals surface area contributed by atoms with Gasteiger partial charge in [-0.3, -0.25) is 9.48 Å². The average Bonchev–Trinajstić information content (AvgIpc) is 2.80. The Morgan fingerprint density at radius 3 is 2.52 bits per heavy atom. The van der Waals surface area contributed by atoms with Crippen LogP contribution in [0.15, 0.2) is 35.1 Å². The number of hydrogen-bond acceptors (Lipinski definition) is 3. The normalized spacial score (nSPS) is 14.8. The molecular weight excluding hydrogens is 312 g/mol. The summed E-state index contributed by atoms with van der Waals surface area (Å²) in [6.07, 6.45) is 0. The molecule has 6 nitrogen and oxygen atoms in total. The van der Waals surface area contributed by atoms with Gasteiger partial charge in [0.05, 0.1) is 24.6 Å². The molecule has 122 valence electrons. The number of rotatable bonds is 2. The molecule has 0 saturated carbocycles. The number of benzene rings is 1. The predicted octanol–water partition coefficient (Wildman–Crippen LogP) is 1.51. The van der Waals surface area contributed by atoms with Crippen molar-refractivity contribution < 1.29 is 4.74 Å². The highest BCUT2D eigenvalue weighted by Gasteiger charge is 2.20. The van der Waals surface area contributed by atoms with Crippen LogP contribution in [-0.2, 0) is 11.8 Å². The molecule has 0 amide bonds. The summed E-state index contributed by atoms with van der Waals surface area (Å²) >= 11 is 5.45. The Kier molecular flexibility index (Phi) is 4.49. The molecular formula is C16H20N4O2S. The highest BCUT2D eigenvalue weighted by Crippen LogP contribution is 2.14. The lowest BCUT2D eigenvalue weighted by Gasteiger charge is -2.29. The van der Waals surface area contributed by atoms with E-state index in [4.69, 9.17) is 17.0 Å². The molecule has 23 heavy (non-hydrogen) atoms. The van der Waals surface area contributed by atoms with Crippen LogP contribution in [0.4, 0.5) is 5.69 Å². The highest BCUT2D eigenvalue weighted by molar-refractivity contribution is 7.80. The van der Waals surface area contributed by atoms with Crippen LogP contribution in [-0.4, -0.2) is 45.7 Å². The average molecular weight is 332 g/mol. The van der Waals surface area contributed by atoms with E-state index in [2.05, 4.69) is 5.32 Å². The second-order valence-corrected chi connectivity index (χ2v) is 5.85. The van der Waals surface area contributed by atoms with Crippen molar-refractivity contribution in [1.29, 1.82) is 0 Å². The van der Waals surface area contributed by atoms with Crippen LogP contribution in [0.25, 0.3) is 5.69 Å². The molecule has 2 aromatic rings. The van der Waals surface area contributed by atoms with Gasteiger partial charge in [0.2, 0.25) is 0 Å². The van der Waals surface area contributed by atoms with Crippen molar-refractivity contribution in [2.45, 2.75) is 6.92 Å². The fourth-order valence-electron chi connectivity index (χ4n) is 2.66. The molecule has 1 aliphatic rings. The van der Waals surface area contributed by atoms with E-state index in [1.807, 2.05) is 53.9 Å². The van der Waals surface area contributed by atoms with Gasteiger partial charge in [-0.2, -0.15) is 0 Å². The third-order valence-electron chi connectivity index (χ3n) is 4.08. The molecule has 2 heterocycles. The van der Waals surface area contributed by atoms with Gasteiger partial charge in [0, 0.05) is 20.1 Å².